The Morgan fingerprint density at radius 3 is 2.95 bits per heavy atom. The maximum absolute atomic E-state index is 12.2. The van der Waals surface area contributed by atoms with E-state index in [0.29, 0.717) is 12.2 Å². The molecule has 0 spiro atoms. The summed E-state index contributed by atoms with van der Waals surface area (Å²) >= 11 is 0. The molecule has 0 radical (unpaired) electrons. The Balaban J connectivity index is 1.54. The van der Waals surface area contributed by atoms with Crippen LogP contribution in [0.3, 0.4) is 0 Å². The molecule has 4 rings (SSSR count). The van der Waals surface area contributed by atoms with Gasteiger partial charge in [-0.05, 0) is 41.3 Å². The molecule has 1 amide bonds. The summed E-state index contributed by atoms with van der Waals surface area (Å²) in [6.07, 6.45) is 2.21. The van der Waals surface area contributed by atoms with Crippen LogP contribution in [0.15, 0.2) is 54.7 Å². The lowest BCUT2D eigenvalue weighted by Crippen LogP contribution is -2.14. The van der Waals surface area contributed by atoms with Crippen molar-refractivity contribution >= 4 is 33.5 Å². The van der Waals surface area contributed by atoms with E-state index in [9.17, 15) is 4.79 Å². The highest BCUT2D eigenvalue weighted by atomic mass is 16.1. The fraction of sp³-hybridized carbons (Fsp3) is 0.0588. The van der Waals surface area contributed by atoms with E-state index in [1.807, 2.05) is 54.7 Å². The van der Waals surface area contributed by atoms with Crippen LogP contribution in [0.25, 0.3) is 21.8 Å². The Morgan fingerprint density at radius 2 is 2.00 bits per heavy atom. The van der Waals surface area contributed by atoms with Crippen molar-refractivity contribution in [2.24, 2.45) is 0 Å². The summed E-state index contributed by atoms with van der Waals surface area (Å²) in [5, 5.41) is 12.0. The Hall–Kier alpha value is -3.08. The van der Waals surface area contributed by atoms with Crippen molar-refractivity contribution < 1.29 is 4.79 Å². The minimum absolute atomic E-state index is 0.0767. The lowest BCUT2D eigenvalue weighted by atomic mass is 10.1. The Bertz CT molecular complexity index is 967. The van der Waals surface area contributed by atoms with Gasteiger partial charge in [-0.1, -0.05) is 18.2 Å². The summed E-state index contributed by atoms with van der Waals surface area (Å²) in [6, 6.07) is 15.7. The number of nitrogens with zero attached hydrogens (tertiary/aromatic N) is 1. The van der Waals surface area contributed by atoms with E-state index in [-0.39, 0.29) is 5.91 Å². The van der Waals surface area contributed by atoms with Crippen LogP contribution >= 0.6 is 0 Å². The zero-order valence-corrected chi connectivity index (χ0v) is 11.8. The second-order valence-electron chi connectivity index (χ2n) is 5.24. The summed E-state index contributed by atoms with van der Waals surface area (Å²) in [5.74, 6) is 0.496. The number of hydrogen-bond acceptors (Lipinski definition) is 2. The third kappa shape index (κ3) is 2.22. The van der Waals surface area contributed by atoms with Crippen molar-refractivity contribution in [2.75, 3.05) is 5.32 Å². The van der Waals surface area contributed by atoms with Gasteiger partial charge in [0.1, 0.15) is 0 Å². The number of anilines is 1. The van der Waals surface area contributed by atoms with Gasteiger partial charge in [-0.3, -0.25) is 9.89 Å². The molecule has 5 heteroatoms. The monoisotopic (exact) mass is 290 g/mol. The van der Waals surface area contributed by atoms with Gasteiger partial charge in [0.2, 0.25) is 5.91 Å². The summed E-state index contributed by atoms with van der Waals surface area (Å²) in [4.78, 5) is 15.4. The third-order valence-corrected chi connectivity index (χ3v) is 3.71. The zero-order chi connectivity index (χ0) is 14.9. The maximum atomic E-state index is 12.2. The molecule has 4 aromatic rings. The van der Waals surface area contributed by atoms with Gasteiger partial charge >= 0.3 is 0 Å². The van der Waals surface area contributed by atoms with Crippen molar-refractivity contribution in [2.45, 2.75) is 6.42 Å². The highest BCUT2D eigenvalue weighted by Crippen LogP contribution is 2.20. The lowest BCUT2D eigenvalue weighted by molar-refractivity contribution is -0.115. The fourth-order valence-electron chi connectivity index (χ4n) is 2.63. The molecule has 0 fully saturated rings. The van der Waals surface area contributed by atoms with Gasteiger partial charge in [0.25, 0.3) is 0 Å². The van der Waals surface area contributed by atoms with Crippen molar-refractivity contribution in [1.29, 1.82) is 0 Å². The maximum Gasteiger partial charge on any atom is 0.230 e. The SMILES string of the molecule is O=C(Cc1ccc2[nH]ccc2c1)Nc1n[nH]c2ccccc12. The molecule has 2 heterocycles. The van der Waals surface area contributed by atoms with Gasteiger partial charge in [0.05, 0.1) is 11.9 Å². The summed E-state index contributed by atoms with van der Waals surface area (Å²) in [6.45, 7) is 0. The number of hydrogen-bond donors (Lipinski definition) is 3. The standard InChI is InChI=1S/C17H14N4O/c22-16(10-11-5-6-14-12(9-11)7-8-18-14)19-17-13-3-1-2-4-15(13)20-21-17/h1-9,18H,10H2,(H2,19,20,21,22). The van der Waals surface area contributed by atoms with E-state index in [1.165, 1.54) is 0 Å². The van der Waals surface area contributed by atoms with Crippen LogP contribution in [-0.4, -0.2) is 21.1 Å². The Morgan fingerprint density at radius 1 is 1.09 bits per heavy atom. The number of rotatable bonds is 3. The average Bonchev–Trinajstić information content (AvgIpc) is 3.14. The Kier molecular flexibility index (Phi) is 2.89. The molecular formula is C17H14N4O. The van der Waals surface area contributed by atoms with Crippen LogP contribution in [0.4, 0.5) is 5.82 Å². The first-order valence-electron chi connectivity index (χ1n) is 7.08. The molecule has 2 aromatic carbocycles. The van der Waals surface area contributed by atoms with Gasteiger partial charge in [0.15, 0.2) is 5.82 Å². The molecule has 22 heavy (non-hydrogen) atoms. The van der Waals surface area contributed by atoms with E-state index in [2.05, 4.69) is 20.5 Å². The van der Waals surface area contributed by atoms with Gasteiger partial charge in [-0.15, -0.1) is 0 Å². The highest BCUT2D eigenvalue weighted by molar-refractivity contribution is 6.00. The van der Waals surface area contributed by atoms with Crippen molar-refractivity contribution in [3.05, 3.63) is 60.3 Å². The summed E-state index contributed by atoms with van der Waals surface area (Å²) in [5.41, 5.74) is 2.96. The van der Waals surface area contributed by atoms with Crippen molar-refractivity contribution in [3.63, 3.8) is 0 Å². The van der Waals surface area contributed by atoms with Crippen molar-refractivity contribution in [3.8, 4) is 0 Å². The van der Waals surface area contributed by atoms with Crippen LogP contribution in [0.1, 0.15) is 5.56 Å². The molecule has 0 aliphatic carbocycles. The van der Waals surface area contributed by atoms with Gasteiger partial charge in [-0.25, -0.2) is 0 Å². The van der Waals surface area contributed by atoms with E-state index in [4.69, 9.17) is 0 Å². The van der Waals surface area contributed by atoms with Crippen LogP contribution in [0.5, 0.6) is 0 Å². The summed E-state index contributed by atoms with van der Waals surface area (Å²) < 4.78 is 0. The molecule has 0 saturated heterocycles. The van der Waals surface area contributed by atoms with Gasteiger partial charge in [0, 0.05) is 17.1 Å². The Labute approximate surface area is 126 Å². The van der Waals surface area contributed by atoms with E-state index in [0.717, 1.165) is 27.4 Å². The van der Waals surface area contributed by atoms with Crippen LogP contribution in [-0.2, 0) is 11.2 Å². The molecule has 0 atom stereocenters. The van der Waals surface area contributed by atoms with E-state index < -0.39 is 0 Å². The number of aromatic amines is 2. The predicted octanol–water partition coefficient (Wildman–Crippen LogP) is 3.23. The lowest BCUT2D eigenvalue weighted by Gasteiger charge is -2.03. The first kappa shape index (κ1) is 12.6. The van der Waals surface area contributed by atoms with Crippen molar-refractivity contribution in [1.82, 2.24) is 15.2 Å². The molecule has 108 valence electrons. The number of amides is 1. The molecule has 3 N–H and O–H groups in total. The minimum Gasteiger partial charge on any atom is -0.361 e. The molecule has 0 unspecified atom stereocenters. The quantitative estimate of drug-likeness (QED) is 0.542. The summed E-state index contributed by atoms with van der Waals surface area (Å²) in [7, 11) is 0. The number of nitrogens with one attached hydrogen (secondary N) is 3. The predicted molar refractivity (Wildman–Crippen MR) is 86.7 cm³/mol. The number of para-hydroxylation sites is 1. The smallest absolute Gasteiger partial charge is 0.230 e. The minimum atomic E-state index is -0.0767. The second-order valence-corrected chi connectivity index (χ2v) is 5.24. The number of aromatic nitrogens is 3. The molecule has 5 nitrogen and oxygen atoms in total. The van der Waals surface area contributed by atoms with Gasteiger partial charge < -0.3 is 10.3 Å². The molecule has 0 saturated carbocycles. The van der Waals surface area contributed by atoms with Gasteiger partial charge in [-0.2, -0.15) is 5.10 Å². The number of benzene rings is 2. The highest BCUT2D eigenvalue weighted by Gasteiger charge is 2.10. The number of carbonyl (C=O) groups excluding carboxylic acids is 1. The molecule has 0 aliphatic heterocycles. The normalized spacial score (nSPS) is 11.1. The molecular weight excluding hydrogens is 276 g/mol. The molecule has 0 bridgehead atoms. The number of carbonyl (C=O) groups is 1. The average molecular weight is 290 g/mol. The zero-order valence-electron chi connectivity index (χ0n) is 11.8. The molecule has 0 aliphatic rings. The molecule has 2 aromatic heterocycles. The largest absolute Gasteiger partial charge is 0.361 e. The second kappa shape index (κ2) is 5.04. The van der Waals surface area contributed by atoms with Crippen LogP contribution < -0.4 is 5.32 Å². The first-order chi connectivity index (χ1) is 10.8. The van der Waals surface area contributed by atoms with Crippen LogP contribution in [0.2, 0.25) is 0 Å². The van der Waals surface area contributed by atoms with E-state index >= 15 is 0 Å². The third-order valence-electron chi connectivity index (χ3n) is 3.71. The number of H-pyrrole nitrogens is 2. The topological polar surface area (TPSA) is 73.6 Å². The van der Waals surface area contributed by atoms with Crippen LogP contribution in [0, 0.1) is 0 Å². The first-order valence-corrected chi connectivity index (χ1v) is 7.08. The fourth-order valence-corrected chi connectivity index (χ4v) is 2.63. The van der Waals surface area contributed by atoms with E-state index in [1.54, 1.807) is 0 Å². The number of fused-ring (bicyclic) bond motifs is 2.